The van der Waals surface area contributed by atoms with E-state index in [9.17, 15) is 9.59 Å². The van der Waals surface area contributed by atoms with Crippen LogP contribution in [0.1, 0.15) is 45.1 Å². The molecule has 1 aromatic rings. The Morgan fingerprint density at radius 1 is 1.33 bits per heavy atom. The second kappa shape index (κ2) is 8.38. The van der Waals surface area contributed by atoms with Gasteiger partial charge < -0.3 is 9.80 Å². The number of rotatable bonds is 5. The number of carbonyl (C=O) groups is 2. The van der Waals surface area contributed by atoms with E-state index >= 15 is 0 Å². The van der Waals surface area contributed by atoms with Crippen LogP contribution >= 0.6 is 0 Å². The maximum Gasteiger partial charge on any atom is 0.236 e. The predicted octanol–water partition coefficient (Wildman–Crippen LogP) is 2.15. The summed E-state index contributed by atoms with van der Waals surface area (Å²) in [5.74, 6) is 0.424. The zero-order valence-electron chi connectivity index (χ0n) is 16.9. The largest absolute Gasteiger partial charge is 0.341 e. The minimum absolute atomic E-state index is 0.0421. The summed E-state index contributed by atoms with van der Waals surface area (Å²) in [6.07, 6.45) is 7.15. The van der Waals surface area contributed by atoms with Crippen molar-refractivity contribution < 1.29 is 9.59 Å². The molecule has 6 heteroatoms. The monoisotopic (exact) mass is 372 g/mol. The molecule has 1 spiro atoms. The summed E-state index contributed by atoms with van der Waals surface area (Å²) >= 11 is 0. The first-order valence-electron chi connectivity index (χ1n) is 10.0. The Balaban J connectivity index is 1.65. The molecule has 3 heterocycles. The van der Waals surface area contributed by atoms with Gasteiger partial charge in [-0.1, -0.05) is 6.07 Å². The van der Waals surface area contributed by atoms with Gasteiger partial charge in [0.1, 0.15) is 0 Å². The lowest BCUT2D eigenvalue weighted by molar-refractivity contribution is -0.144. The highest BCUT2D eigenvalue weighted by molar-refractivity contribution is 5.79. The van der Waals surface area contributed by atoms with E-state index in [0.29, 0.717) is 25.6 Å². The van der Waals surface area contributed by atoms with E-state index in [-0.39, 0.29) is 17.2 Å². The Labute approximate surface area is 162 Å². The van der Waals surface area contributed by atoms with Crippen molar-refractivity contribution in [3.63, 3.8) is 0 Å². The summed E-state index contributed by atoms with van der Waals surface area (Å²) in [5, 5.41) is 0. The van der Waals surface area contributed by atoms with Crippen molar-refractivity contribution in [2.75, 3.05) is 33.2 Å². The van der Waals surface area contributed by atoms with Gasteiger partial charge in [0.05, 0.1) is 6.54 Å². The lowest BCUT2D eigenvalue weighted by Crippen LogP contribution is -2.56. The van der Waals surface area contributed by atoms with E-state index in [1.165, 1.54) is 0 Å². The molecule has 1 atom stereocenters. The first-order valence-corrected chi connectivity index (χ1v) is 10.0. The lowest BCUT2D eigenvalue weighted by Gasteiger charge is -2.48. The van der Waals surface area contributed by atoms with Crippen LogP contribution in [0.25, 0.3) is 0 Å². The molecular formula is C21H32N4O2. The van der Waals surface area contributed by atoms with E-state index in [1.807, 2.05) is 35.2 Å². The van der Waals surface area contributed by atoms with Crippen LogP contribution in [-0.2, 0) is 16.1 Å². The average molecular weight is 373 g/mol. The Bertz CT molecular complexity index is 663. The first-order chi connectivity index (χ1) is 12.9. The van der Waals surface area contributed by atoms with E-state index in [0.717, 1.165) is 44.5 Å². The number of aromatic nitrogens is 1. The number of piperidine rings is 2. The molecule has 27 heavy (non-hydrogen) atoms. The molecule has 6 nitrogen and oxygen atoms in total. The van der Waals surface area contributed by atoms with Gasteiger partial charge in [0.2, 0.25) is 11.8 Å². The minimum atomic E-state index is 0.0421. The molecule has 0 saturated carbocycles. The van der Waals surface area contributed by atoms with Crippen molar-refractivity contribution in [3.05, 3.63) is 30.1 Å². The van der Waals surface area contributed by atoms with Crippen molar-refractivity contribution in [1.29, 1.82) is 0 Å². The molecule has 0 aliphatic carbocycles. The molecule has 1 aromatic heterocycles. The highest BCUT2D eigenvalue weighted by Gasteiger charge is 2.42. The number of likely N-dealkylation sites (tertiary alicyclic amines) is 2. The number of nitrogens with zero attached hydrogens (tertiary/aromatic N) is 4. The molecule has 2 amide bonds. The van der Waals surface area contributed by atoms with Crippen molar-refractivity contribution >= 4 is 11.8 Å². The average Bonchev–Trinajstić information content (AvgIpc) is 2.66. The van der Waals surface area contributed by atoms with Crippen LogP contribution in [0.15, 0.2) is 24.5 Å². The topological polar surface area (TPSA) is 56.8 Å². The minimum Gasteiger partial charge on any atom is -0.341 e. The van der Waals surface area contributed by atoms with Gasteiger partial charge in [-0.05, 0) is 51.8 Å². The third-order valence-electron chi connectivity index (χ3n) is 6.12. The predicted molar refractivity (Wildman–Crippen MR) is 105 cm³/mol. The Morgan fingerprint density at radius 2 is 2.15 bits per heavy atom. The van der Waals surface area contributed by atoms with Gasteiger partial charge in [0.25, 0.3) is 0 Å². The van der Waals surface area contributed by atoms with Crippen molar-refractivity contribution in [3.8, 4) is 0 Å². The maximum absolute atomic E-state index is 12.8. The van der Waals surface area contributed by atoms with E-state index in [4.69, 9.17) is 0 Å². The van der Waals surface area contributed by atoms with Gasteiger partial charge in [0, 0.05) is 56.5 Å². The normalized spacial score (nSPS) is 23.5. The van der Waals surface area contributed by atoms with Crippen molar-refractivity contribution in [1.82, 2.24) is 19.7 Å². The summed E-state index contributed by atoms with van der Waals surface area (Å²) < 4.78 is 0. The number of hydrogen-bond donors (Lipinski definition) is 0. The lowest BCUT2D eigenvalue weighted by atomic mass is 9.73. The van der Waals surface area contributed by atoms with Crippen LogP contribution in [0, 0.1) is 5.41 Å². The van der Waals surface area contributed by atoms with Crippen LogP contribution in [0.3, 0.4) is 0 Å². The fourth-order valence-electron chi connectivity index (χ4n) is 4.21. The fraction of sp³-hybridized carbons (Fsp3) is 0.667. The van der Waals surface area contributed by atoms with Gasteiger partial charge >= 0.3 is 0 Å². The summed E-state index contributed by atoms with van der Waals surface area (Å²) in [7, 11) is 2.00. The second-order valence-corrected chi connectivity index (χ2v) is 8.54. The standard InChI is InChI=1S/C21H32N4O2/c1-17(2)23(3)14-20(27)24-11-5-8-21(15-24)9-7-19(26)25(16-21)13-18-6-4-10-22-12-18/h4,6,10,12,17H,5,7-9,11,13-16H2,1-3H3/t21-/m0/s1. The first kappa shape index (κ1) is 19.8. The van der Waals surface area contributed by atoms with Crippen LogP contribution in [0.2, 0.25) is 0 Å². The van der Waals surface area contributed by atoms with Crippen LogP contribution in [-0.4, -0.2) is 70.8 Å². The fourth-order valence-corrected chi connectivity index (χ4v) is 4.21. The zero-order chi connectivity index (χ0) is 19.4. The number of pyridine rings is 1. The number of hydrogen-bond acceptors (Lipinski definition) is 4. The zero-order valence-corrected chi connectivity index (χ0v) is 16.9. The quantitative estimate of drug-likeness (QED) is 0.795. The van der Waals surface area contributed by atoms with Gasteiger partial charge in [0.15, 0.2) is 0 Å². The molecule has 148 valence electrons. The molecule has 0 unspecified atom stereocenters. The molecule has 3 rings (SSSR count). The van der Waals surface area contributed by atoms with Gasteiger partial charge in [-0.25, -0.2) is 0 Å². The van der Waals surface area contributed by atoms with E-state index < -0.39 is 0 Å². The maximum atomic E-state index is 12.8. The molecule has 2 aliphatic rings. The molecule has 0 bridgehead atoms. The highest BCUT2D eigenvalue weighted by Crippen LogP contribution is 2.39. The molecule has 2 saturated heterocycles. The SMILES string of the molecule is CC(C)N(C)CC(=O)N1CCC[C@]2(CCC(=O)N(Cc3cccnc3)C2)C1. The number of carbonyl (C=O) groups excluding carboxylic acids is 2. The van der Waals surface area contributed by atoms with Gasteiger partial charge in [-0.2, -0.15) is 0 Å². The van der Waals surface area contributed by atoms with Crippen molar-refractivity contribution in [2.24, 2.45) is 5.41 Å². The molecule has 2 aliphatic heterocycles. The van der Waals surface area contributed by atoms with Crippen LogP contribution < -0.4 is 0 Å². The molecule has 2 fully saturated rings. The Kier molecular flexibility index (Phi) is 6.15. The summed E-state index contributed by atoms with van der Waals surface area (Å²) in [6.45, 7) is 7.63. The molecule has 0 N–H and O–H groups in total. The van der Waals surface area contributed by atoms with Gasteiger partial charge in [-0.3, -0.25) is 19.5 Å². The summed E-state index contributed by atoms with van der Waals surface area (Å²) in [4.78, 5) is 35.5. The smallest absolute Gasteiger partial charge is 0.236 e. The Morgan fingerprint density at radius 3 is 2.85 bits per heavy atom. The summed E-state index contributed by atoms with van der Waals surface area (Å²) in [5.41, 5.74) is 1.10. The summed E-state index contributed by atoms with van der Waals surface area (Å²) in [6, 6.07) is 4.28. The second-order valence-electron chi connectivity index (χ2n) is 8.54. The van der Waals surface area contributed by atoms with Crippen molar-refractivity contribution in [2.45, 2.75) is 52.1 Å². The molecule has 0 aromatic carbocycles. The number of amides is 2. The molecular weight excluding hydrogens is 340 g/mol. The van der Waals surface area contributed by atoms with Crippen LogP contribution in [0.5, 0.6) is 0 Å². The molecule has 0 radical (unpaired) electrons. The van der Waals surface area contributed by atoms with E-state index in [1.54, 1.807) is 6.20 Å². The van der Waals surface area contributed by atoms with Gasteiger partial charge in [-0.15, -0.1) is 0 Å². The highest BCUT2D eigenvalue weighted by atomic mass is 16.2. The number of likely N-dealkylation sites (N-methyl/N-ethyl adjacent to an activating group) is 1. The van der Waals surface area contributed by atoms with E-state index in [2.05, 4.69) is 23.7 Å². The Hall–Kier alpha value is -1.95. The van der Waals surface area contributed by atoms with Crippen LogP contribution in [0.4, 0.5) is 0 Å². The third kappa shape index (κ3) is 4.86. The third-order valence-corrected chi connectivity index (χ3v) is 6.12.